The number of hydrogen-bond acceptors (Lipinski definition) is 2. The average molecular weight is 220 g/mol. The van der Waals surface area contributed by atoms with Crippen molar-refractivity contribution in [1.29, 1.82) is 0 Å². The lowest BCUT2D eigenvalue weighted by atomic mass is 10.2. The third-order valence-corrected chi connectivity index (χ3v) is 1.88. The fourth-order valence-corrected chi connectivity index (χ4v) is 1.00. The van der Waals surface area contributed by atoms with Crippen molar-refractivity contribution in [2.75, 3.05) is 6.61 Å². The highest BCUT2D eigenvalue weighted by atomic mass is 19.1. The average Bonchev–Trinajstić information content (AvgIpc) is 2.29. The normalized spacial score (nSPS) is 9.12. The molecule has 0 aliphatic carbocycles. The first-order valence-corrected chi connectivity index (χ1v) is 5.16. The summed E-state index contributed by atoms with van der Waals surface area (Å²) in [5, 5.41) is 0. The van der Waals surface area contributed by atoms with Crippen LogP contribution in [-0.2, 0) is 9.53 Å². The van der Waals surface area contributed by atoms with Gasteiger partial charge >= 0.3 is 5.97 Å². The molecular weight excluding hydrogens is 207 g/mol. The van der Waals surface area contributed by atoms with Crippen LogP contribution in [0.5, 0.6) is 0 Å². The highest BCUT2D eigenvalue weighted by molar-refractivity contribution is 5.89. The van der Waals surface area contributed by atoms with E-state index in [0.717, 1.165) is 12.8 Å². The number of carbonyl (C=O) groups is 1. The zero-order valence-electron chi connectivity index (χ0n) is 9.13. The van der Waals surface area contributed by atoms with Crippen molar-refractivity contribution in [3.63, 3.8) is 0 Å². The lowest BCUT2D eigenvalue weighted by Crippen LogP contribution is -2.02. The van der Waals surface area contributed by atoms with E-state index in [9.17, 15) is 9.18 Å². The van der Waals surface area contributed by atoms with E-state index >= 15 is 0 Å². The van der Waals surface area contributed by atoms with E-state index in [0.29, 0.717) is 12.2 Å². The molecular formula is C13H13FO2. The van der Waals surface area contributed by atoms with Crippen molar-refractivity contribution in [3.8, 4) is 11.8 Å². The SMILES string of the molecule is CCCCOC(=O)C#Cc1ccc(F)cc1. The van der Waals surface area contributed by atoms with Gasteiger partial charge in [-0.15, -0.1) is 0 Å². The van der Waals surface area contributed by atoms with E-state index < -0.39 is 5.97 Å². The smallest absolute Gasteiger partial charge is 0.384 e. The van der Waals surface area contributed by atoms with Gasteiger partial charge in [0.15, 0.2) is 0 Å². The van der Waals surface area contributed by atoms with Crippen LogP contribution in [0.1, 0.15) is 25.3 Å². The molecule has 0 aliphatic heterocycles. The van der Waals surface area contributed by atoms with Crippen molar-refractivity contribution in [2.24, 2.45) is 0 Å². The van der Waals surface area contributed by atoms with Crippen LogP contribution in [0.15, 0.2) is 24.3 Å². The summed E-state index contributed by atoms with van der Waals surface area (Å²) in [6.07, 6.45) is 1.81. The minimum Gasteiger partial charge on any atom is -0.456 e. The molecule has 1 aromatic rings. The Morgan fingerprint density at radius 2 is 2.06 bits per heavy atom. The number of benzene rings is 1. The summed E-state index contributed by atoms with van der Waals surface area (Å²) in [7, 11) is 0. The van der Waals surface area contributed by atoms with E-state index in [-0.39, 0.29) is 5.82 Å². The highest BCUT2D eigenvalue weighted by Gasteiger charge is 1.95. The van der Waals surface area contributed by atoms with Crippen LogP contribution >= 0.6 is 0 Å². The summed E-state index contributed by atoms with van der Waals surface area (Å²) in [5.41, 5.74) is 0.592. The molecule has 3 heteroatoms. The van der Waals surface area contributed by atoms with Gasteiger partial charge in [0.2, 0.25) is 0 Å². The largest absolute Gasteiger partial charge is 0.456 e. The number of ether oxygens (including phenoxy) is 1. The maximum absolute atomic E-state index is 12.6. The highest BCUT2D eigenvalue weighted by Crippen LogP contribution is 2.00. The van der Waals surface area contributed by atoms with E-state index in [2.05, 4.69) is 11.8 Å². The molecule has 2 nitrogen and oxygen atoms in total. The van der Waals surface area contributed by atoms with Crippen LogP contribution in [0.2, 0.25) is 0 Å². The number of esters is 1. The minimum absolute atomic E-state index is 0.323. The first-order valence-electron chi connectivity index (χ1n) is 5.16. The zero-order chi connectivity index (χ0) is 11.8. The van der Waals surface area contributed by atoms with Gasteiger partial charge in [-0.3, -0.25) is 0 Å². The standard InChI is InChI=1S/C13H13FO2/c1-2-3-10-16-13(15)9-6-11-4-7-12(14)8-5-11/h4-5,7-8H,2-3,10H2,1H3. The summed E-state index contributed by atoms with van der Waals surface area (Å²) in [6, 6.07) is 5.63. The second kappa shape index (κ2) is 6.62. The maximum Gasteiger partial charge on any atom is 0.384 e. The van der Waals surface area contributed by atoms with Crippen LogP contribution in [0.4, 0.5) is 4.39 Å². The van der Waals surface area contributed by atoms with Gasteiger partial charge in [0.25, 0.3) is 0 Å². The predicted octanol–water partition coefficient (Wildman–Crippen LogP) is 2.52. The van der Waals surface area contributed by atoms with Crippen molar-refractivity contribution in [3.05, 3.63) is 35.6 Å². The fourth-order valence-electron chi connectivity index (χ4n) is 1.00. The summed E-state index contributed by atoms with van der Waals surface area (Å²) in [6.45, 7) is 2.41. The van der Waals surface area contributed by atoms with Crippen molar-refractivity contribution in [2.45, 2.75) is 19.8 Å². The molecule has 0 spiro atoms. The summed E-state index contributed by atoms with van der Waals surface area (Å²) >= 11 is 0. The predicted molar refractivity (Wildman–Crippen MR) is 59.1 cm³/mol. The first kappa shape index (κ1) is 12.3. The molecule has 0 saturated carbocycles. The molecule has 0 aliphatic rings. The Morgan fingerprint density at radius 3 is 2.69 bits per heavy atom. The fraction of sp³-hybridized carbons (Fsp3) is 0.308. The Bertz CT molecular complexity index is 398. The lowest BCUT2D eigenvalue weighted by molar-refractivity contribution is -0.136. The second-order valence-corrected chi connectivity index (χ2v) is 3.25. The summed E-state index contributed by atoms with van der Waals surface area (Å²) in [5.74, 6) is 4.08. The number of halogens is 1. The van der Waals surface area contributed by atoms with Gasteiger partial charge in [0.1, 0.15) is 5.82 Å². The van der Waals surface area contributed by atoms with Gasteiger partial charge in [-0.25, -0.2) is 9.18 Å². The lowest BCUT2D eigenvalue weighted by Gasteiger charge is -1.96. The van der Waals surface area contributed by atoms with Crippen LogP contribution < -0.4 is 0 Å². The number of rotatable bonds is 3. The van der Waals surface area contributed by atoms with Gasteiger partial charge in [-0.2, -0.15) is 0 Å². The van der Waals surface area contributed by atoms with Gasteiger partial charge in [-0.1, -0.05) is 19.3 Å². The van der Waals surface area contributed by atoms with Gasteiger partial charge in [0.05, 0.1) is 6.61 Å². The zero-order valence-corrected chi connectivity index (χ0v) is 9.13. The number of hydrogen-bond donors (Lipinski definition) is 0. The van der Waals surface area contributed by atoms with Crippen LogP contribution in [0.3, 0.4) is 0 Å². The molecule has 0 amide bonds. The maximum atomic E-state index is 12.6. The first-order chi connectivity index (χ1) is 7.72. The molecule has 0 fully saturated rings. The summed E-state index contributed by atoms with van der Waals surface area (Å²) < 4.78 is 17.4. The molecule has 0 heterocycles. The number of unbranched alkanes of at least 4 members (excludes halogenated alkanes) is 1. The Kier molecular flexibility index (Phi) is 5.07. The van der Waals surface area contributed by atoms with Crippen molar-refractivity contribution in [1.82, 2.24) is 0 Å². The van der Waals surface area contributed by atoms with Gasteiger partial charge in [-0.05, 0) is 30.7 Å². The van der Waals surface area contributed by atoms with Gasteiger partial charge in [0, 0.05) is 11.5 Å². The summed E-state index contributed by atoms with van der Waals surface area (Å²) in [4.78, 5) is 11.1. The van der Waals surface area contributed by atoms with E-state index in [1.165, 1.54) is 24.3 Å². The van der Waals surface area contributed by atoms with Gasteiger partial charge < -0.3 is 4.74 Å². The Hall–Kier alpha value is -1.82. The molecule has 0 bridgehead atoms. The quantitative estimate of drug-likeness (QED) is 0.444. The van der Waals surface area contributed by atoms with E-state index in [1.54, 1.807) is 0 Å². The van der Waals surface area contributed by atoms with Crippen molar-refractivity contribution >= 4 is 5.97 Å². The van der Waals surface area contributed by atoms with Crippen LogP contribution in [0, 0.1) is 17.7 Å². The Morgan fingerprint density at radius 1 is 1.38 bits per heavy atom. The van der Waals surface area contributed by atoms with E-state index in [1.807, 2.05) is 6.92 Å². The number of carbonyl (C=O) groups excluding carboxylic acids is 1. The van der Waals surface area contributed by atoms with Crippen LogP contribution in [-0.4, -0.2) is 12.6 Å². The third-order valence-electron chi connectivity index (χ3n) is 1.88. The molecule has 0 aromatic heterocycles. The Labute approximate surface area is 94.4 Å². The second-order valence-electron chi connectivity index (χ2n) is 3.25. The molecule has 84 valence electrons. The monoisotopic (exact) mass is 220 g/mol. The molecule has 0 atom stereocenters. The molecule has 1 rings (SSSR count). The van der Waals surface area contributed by atoms with Crippen molar-refractivity contribution < 1.29 is 13.9 Å². The third kappa shape index (κ3) is 4.61. The Balaban J connectivity index is 2.47. The molecule has 16 heavy (non-hydrogen) atoms. The molecule has 0 radical (unpaired) electrons. The molecule has 0 N–H and O–H groups in total. The van der Waals surface area contributed by atoms with Crippen LogP contribution in [0.25, 0.3) is 0 Å². The molecule has 0 saturated heterocycles. The minimum atomic E-state index is -0.544. The molecule has 1 aromatic carbocycles. The molecule has 0 unspecified atom stereocenters. The van der Waals surface area contributed by atoms with E-state index in [4.69, 9.17) is 4.74 Å². The topological polar surface area (TPSA) is 26.3 Å².